The number of halogens is 4. The van der Waals surface area contributed by atoms with Gasteiger partial charge in [-0.2, -0.15) is 13.2 Å². The molecule has 12 heteroatoms. The highest BCUT2D eigenvalue weighted by molar-refractivity contribution is 14.0. The van der Waals surface area contributed by atoms with E-state index in [9.17, 15) is 13.2 Å². The maximum absolute atomic E-state index is 12.6. The first-order valence-electron chi connectivity index (χ1n) is 9.23. The van der Waals surface area contributed by atoms with Crippen LogP contribution in [0.4, 0.5) is 19.1 Å². The number of aliphatic imine (C=N–C) groups is 1. The lowest BCUT2D eigenvalue weighted by Crippen LogP contribution is -2.40. The average molecular weight is 532 g/mol. The molecule has 2 heterocycles. The molecule has 1 aliphatic rings. The number of ether oxygens (including phenoxy) is 2. The van der Waals surface area contributed by atoms with Gasteiger partial charge in [-0.25, -0.2) is 9.97 Å². The Labute approximate surface area is 185 Å². The maximum atomic E-state index is 12.6. The zero-order chi connectivity index (χ0) is 20.2. The molecule has 0 bridgehead atoms. The van der Waals surface area contributed by atoms with Gasteiger partial charge in [0.05, 0.1) is 13.2 Å². The highest BCUT2D eigenvalue weighted by Gasteiger charge is 2.32. The molecule has 1 saturated heterocycles. The quantitative estimate of drug-likeness (QED) is 0.184. The molecule has 1 aliphatic heterocycles. The Bertz CT molecular complexity index is 615. The van der Waals surface area contributed by atoms with Crippen LogP contribution >= 0.6 is 24.0 Å². The van der Waals surface area contributed by atoms with E-state index in [4.69, 9.17) is 9.47 Å². The third-order valence-electron chi connectivity index (χ3n) is 4.01. The summed E-state index contributed by atoms with van der Waals surface area (Å²) in [6, 6.07) is 0.834. The summed E-state index contributed by atoms with van der Waals surface area (Å²) in [5.74, 6) is 1.05. The first-order valence-corrected chi connectivity index (χ1v) is 9.23. The highest BCUT2D eigenvalue weighted by Crippen LogP contribution is 2.27. The number of hydrogen-bond acceptors (Lipinski definition) is 6. The number of nitrogens with zero attached hydrogens (tertiary/aromatic N) is 3. The summed E-state index contributed by atoms with van der Waals surface area (Å²) in [7, 11) is 1.65. The van der Waals surface area contributed by atoms with Crippen LogP contribution in [0.1, 0.15) is 18.5 Å². The molecule has 0 aromatic carbocycles. The van der Waals surface area contributed by atoms with Crippen molar-refractivity contribution in [2.75, 3.05) is 58.4 Å². The second kappa shape index (κ2) is 13.7. The Morgan fingerprint density at radius 2 is 2.10 bits per heavy atom. The predicted octanol–water partition coefficient (Wildman–Crippen LogP) is 2.13. The SMILES string of the molecule is CN=C(NCCCOCC1CCOC1)NCCNc1nccc(C(F)(F)F)n1.I. The molecule has 1 aromatic rings. The average Bonchev–Trinajstić information content (AvgIpc) is 3.19. The van der Waals surface area contributed by atoms with Crippen molar-refractivity contribution in [3.8, 4) is 0 Å². The summed E-state index contributed by atoms with van der Waals surface area (Å²) in [4.78, 5) is 11.3. The fraction of sp³-hybridized carbons (Fsp3) is 0.706. The Morgan fingerprint density at radius 1 is 1.31 bits per heavy atom. The fourth-order valence-corrected chi connectivity index (χ4v) is 2.52. The third kappa shape index (κ3) is 10.3. The van der Waals surface area contributed by atoms with Gasteiger partial charge >= 0.3 is 6.18 Å². The number of guanidine groups is 1. The predicted molar refractivity (Wildman–Crippen MR) is 115 cm³/mol. The Kier molecular flexibility index (Phi) is 12.1. The molecule has 29 heavy (non-hydrogen) atoms. The molecule has 0 aliphatic carbocycles. The van der Waals surface area contributed by atoms with Crippen LogP contribution in [0.2, 0.25) is 0 Å². The van der Waals surface area contributed by atoms with E-state index in [1.165, 1.54) is 0 Å². The molecule has 0 radical (unpaired) electrons. The second-order valence-corrected chi connectivity index (χ2v) is 6.27. The van der Waals surface area contributed by atoms with E-state index in [0.717, 1.165) is 44.9 Å². The molecule has 1 unspecified atom stereocenters. The van der Waals surface area contributed by atoms with E-state index in [1.807, 2.05) is 0 Å². The summed E-state index contributed by atoms with van der Waals surface area (Å²) in [6.45, 7) is 4.49. The first-order chi connectivity index (χ1) is 13.5. The first kappa shape index (κ1) is 25.6. The summed E-state index contributed by atoms with van der Waals surface area (Å²) in [6.07, 6.45) is -1.51. The number of anilines is 1. The fourth-order valence-electron chi connectivity index (χ4n) is 2.52. The minimum atomic E-state index is -4.49. The minimum absolute atomic E-state index is 0. The smallest absolute Gasteiger partial charge is 0.381 e. The summed E-state index contributed by atoms with van der Waals surface area (Å²) >= 11 is 0. The van der Waals surface area contributed by atoms with Gasteiger partial charge < -0.3 is 25.4 Å². The zero-order valence-corrected chi connectivity index (χ0v) is 18.6. The van der Waals surface area contributed by atoms with Gasteiger partial charge in [-0.1, -0.05) is 0 Å². The van der Waals surface area contributed by atoms with Gasteiger partial charge in [-0.3, -0.25) is 4.99 Å². The van der Waals surface area contributed by atoms with E-state index in [2.05, 4.69) is 30.9 Å². The Hall–Kier alpha value is -1.41. The Balaban J connectivity index is 0.00000420. The lowest BCUT2D eigenvalue weighted by Gasteiger charge is -2.13. The number of aromatic nitrogens is 2. The van der Waals surface area contributed by atoms with E-state index in [-0.39, 0.29) is 29.9 Å². The van der Waals surface area contributed by atoms with Crippen LogP contribution in [-0.4, -0.2) is 69.0 Å². The molecule has 0 spiro atoms. The molecule has 1 aromatic heterocycles. The number of alkyl halides is 3. The number of hydrogen-bond donors (Lipinski definition) is 3. The molecule has 0 saturated carbocycles. The van der Waals surface area contributed by atoms with Crippen molar-refractivity contribution in [2.24, 2.45) is 10.9 Å². The minimum Gasteiger partial charge on any atom is -0.381 e. The zero-order valence-electron chi connectivity index (χ0n) is 16.3. The van der Waals surface area contributed by atoms with Gasteiger partial charge in [-0.05, 0) is 18.9 Å². The van der Waals surface area contributed by atoms with Gasteiger partial charge in [0, 0.05) is 52.0 Å². The summed E-state index contributed by atoms with van der Waals surface area (Å²) in [5, 5.41) is 8.96. The lowest BCUT2D eigenvalue weighted by molar-refractivity contribution is -0.141. The van der Waals surface area contributed by atoms with Crippen molar-refractivity contribution in [1.29, 1.82) is 0 Å². The van der Waals surface area contributed by atoms with Crippen molar-refractivity contribution in [3.05, 3.63) is 18.0 Å². The molecular weight excluding hydrogens is 504 g/mol. The normalized spacial score (nSPS) is 17.0. The van der Waals surface area contributed by atoms with Crippen LogP contribution in [0.3, 0.4) is 0 Å². The maximum Gasteiger partial charge on any atom is 0.433 e. The van der Waals surface area contributed by atoms with Crippen LogP contribution in [-0.2, 0) is 15.7 Å². The third-order valence-corrected chi connectivity index (χ3v) is 4.01. The summed E-state index contributed by atoms with van der Waals surface area (Å²) in [5.41, 5.74) is -0.974. The van der Waals surface area contributed by atoms with Crippen LogP contribution in [0, 0.1) is 5.92 Å². The van der Waals surface area contributed by atoms with Crippen LogP contribution in [0.5, 0.6) is 0 Å². The van der Waals surface area contributed by atoms with Crippen LogP contribution < -0.4 is 16.0 Å². The molecule has 3 N–H and O–H groups in total. The monoisotopic (exact) mass is 532 g/mol. The molecule has 8 nitrogen and oxygen atoms in total. The van der Waals surface area contributed by atoms with Gasteiger partial charge in [0.25, 0.3) is 0 Å². The van der Waals surface area contributed by atoms with E-state index < -0.39 is 11.9 Å². The molecule has 1 atom stereocenters. The van der Waals surface area contributed by atoms with Crippen LogP contribution in [0.25, 0.3) is 0 Å². The molecule has 166 valence electrons. The van der Waals surface area contributed by atoms with Crippen molar-refractivity contribution < 1.29 is 22.6 Å². The molecule has 0 amide bonds. The van der Waals surface area contributed by atoms with Crippen LogP contribution in [0.15, 0.2) is 17.3 Å². The van der Waals surface area contributed by atoms with E-state index in [1.54, 1.807) is 7.05 Å². The van der Waals surface area contributed by atoms with Gasteiger partial charge in [-0.15, -0.1) is 24.0 Å². The van der Waals surface area contributed by atoms with Crippen molar-refractivity contribution >= 4 is 35.9 Å². The lowest BCUT2D eigenvalue weighted by atomic mass is 10.1. The highest BCUT2D eigenvalue weighted by atomic mass is 127. The van der Waals surface area contributed by atoms with Crippen molar-refractivity contribution in [3.63, 3.8) is 0 Å². The van der Waals surface area contributed by atoms with Crippen molar-refractivity contribution in [2.45, 2.75) is 19.0 Å². The van der Waals surface area contributed by atoms with Gasteiger partial charge in [0.1, 0.15) is 5.69 Å². The second-order valence-electron chi connectivity index (χ2n) is 6.27. The van der Waals surface area contributed by atoms with E-state index in [0.29, 0.717) is 38.1 Å². The molecule has 2 rings (SSSR count). The van der Waals surface area contributed by atoms with Gasteiger partial charge in [0.2, 0.25) is 5.95 Å². The number of nitrogens with one attached hydrogen (secondary N) is 3. The standard InChI is InChI=1S/C17H27F3N6O2.HI/c1-21-15(22-5-2-9-27-11-13-4-10-28-12-13)24-7-8-25-16-23-6-3-14(26-16)17(18,19)20;/h3,6,13H,2,4-5,7-12H2,1H3,(H2,21,22,24)(H,23,25,26);1H. The largest absolute Gasteiger partial charge is 0.433 e. The summed E-state index contributed by atoms with van der Waals surface area (Å²) < 4.78 is 48.8. The van der Waals surface area contributed by atoms with Crippen molar-refractivity contribution in [1.82, 2.24) is 20.6 Å². The molecule has 1 fully saturated rings. The number of rotatable bonds is 10. The van der Waals surface area contributed by atoms with E-state index >= 15 is 0 Å². The Morgan fingerprint density at radius 3 is 2.79 bits per heavy atom. The molecular formula is C17H28F3IN6O2. The van der Waals surface area contributed by atoms with Gasteiger partial charge in [0.15, 0.2) is 5.96 Å². The topological polar surface area (TPSA) is 92.7 Å².